The summed E-state index contributed by atoms with van der Waals surface area (Å²) in [6, 6.07) is 8.07. The first-order valence-electron chi connectivity index (χ1n) is 10.6. The van der Waals surface area contributed by atoms with Crippen LogP contribution in [0.25, 0.3) is 22.0 Å². The van der Waals surface area contributed by atoms with Gasteiger partial charge in [0.1, 0.15) is 5.52 Å². The van der Waals surface area contributed by atoms with Gasteiger partial charge in [-0.1, -0.05) is 0 Å². The molecular weight excluding hydrogens is 378 g/mol. The number of piperidine rings is 1. The van der Waals surface area contributed by atoms with Crippen LogP contribution in [0, 0.1) is 5.41 Å². The first kappa shape index (κ1) is 17.7. The smallest absolute Gasteiger partial charge is 0.229 e. The summed E-state index contributed by atoms with van der Waals surface area (Å²) >= 11 is 0. The number of aromatic nitrogens is 4. The van der Waals surface area contributed by atoms with Crippen LogP contribution in [0.2, 0.25) is 0 Å². The van der Waals surface area contributed by atoms with Gasteiger partial charge in [0.15, 0.2) is 11.4 Å². The standard InChI is InChI=1S/C22H25N7O/c1-28-18-3-2-16(12-15(18)13-24-28)25-21-26-17-4-11-30-19(17)20(27-21)29-9-6-22(7-10-29)5-8-23-14-22/h2-4,11-13,23H,5-10,14H2,1H3,(H,25,26,27). The van der Waals surface area contributed by atoms with Crippen LogP contribution >= 0.6 is 0 Å². The number of anilines is 3. The molecule has 0 amide bonds. The van der Waals surface area contributed by atoms with Crippen LogP contribution in [0.1, 0.15) is 19.3 Å². The average Bonchev–Trinajstić information content (AvgIpc) is 3.49. The summed E-state index contributed by atoms with van der Waals surface area (Å²) in [4.78, 5) is 11.9. The summed E-state index contributed by atoms with van der Waals surface area (Å²) in [5.41, 5.74) is 4.10. The SMILES string of the molecule is Cn1ncc2cc(Nc3nc(N4CCC5(CCNC5)CC4)c4occc4n3)ccc21. The van der Waals surface area contributed by atoms with Crippen LogP contribution in [-0.4, -0.2) is 45.9 Å². The number of hydrogen-bond donors (Lipinski definition) is 2. The Bertz CT molecular complexity index is 1210. The first-order chi connectivity index (χ1) is 14.7. The predicted octanol–water partition coefficient (Wildman–Crippen LogP) is 3.43. The van der Waals surface area contributed by atoms with Crippen LogP contribution < -0.4 is 15.5 Å². The molecule has 4 aromatic rings. The van der Waals surface area contributed by atoms with E-state index in [9.17, 15) is 0 Å². The zero-order chi connectivity index (χ0) is 20.1. The van der Waals surface area contributed by atoms with E-state index in [1.54, 1.807) is 6.26 Å². The molecule has 0 aliphatic carbocycles. The van der Waals surface area contributed by atoms with E-state index in [0.717, 1.165) is 59.7 Å². The molecule has 0 unspecified atom stereocenters. The van der Waals surface area contributed by atoms with Crippen molar-refractivity contribution in [2.24, 2.45) is 12.5 Å². The number of rotatable bonds is 3. The van der Waals surface area contributed by atoms with E-state index in [2.05, 4.69) is 37.7 Å². The molecule has 154 valence electrons. The average molecular weight is 403 g/mol. The number of furan rings is 1. The Kier molecular flexibility index (Phi) is 3.95. The van der Waals surface area contributed by atoms with Crippen molar-refractivity contribution in [2.45, 2.75) is 19.3 Å². The van der Waals surface area contributed by atoms with Crippen LogP contribution in [0.3, 0.4) is 0 Å². The summed E-state index contributed by atoms with van der Waals surface area (Å²) in [5, 5.41) is 12.3. The maximum absolute atomic E-state index is 5.77. The van der Waals surface area contributed by atoms with Crippen LogP contribution in [0.4, 0.5) is 17.5 Å². The molecule has 30 heavy (non-hydrogen) atoms. The highest BCUT2D eigenvalue weighted by Gasteiger charge is 2.37. The maximum atomic E-state index is 5.77. The minimum absolute atomic E-state index is 0.464. The van der Waals surface area contributed by atoms with E-state index in [0.29, 0.717) is 11.4 Å². The molecule has 8 heteroatoms. The number of fused-ring (bicyclic) bond motifs is 2. The molecule has 8 nitrogen and oxygen atoms in total. The Morgan fingerprint density at radius 2 is 2.03 bits per heavy atom. The molecule has 2 N–H and O–H groups in total. The number of aryl methyl sites for hydroxylation is 1. The summed E-state index contributed by atoms with van der Waals surface area (Å²) in [6.45, 7) is 4.28. The molecule has 0 bridgehead atoms. The van der Waals surface area contributed by atoms with Gasteiger partial charge in [-0.25, -0.2) is 4.98 Å². The first-order valence-corrected chi connectivity index (χ1v) is 10.6. The summed E-state index contributed by atoms with van der Waals surface area (Å²) < 4.78 is 7.64. The quantitative estimate of drug-likeness (QED) is 0.542. The fourth-order valence-corrected chi connectivity index (χ4v) is 4.90. The Morgan fingerprint density at radius 3 is 2.87 bits per heavy atom. The van der Waals surface area contributed by atoms with E-state index < -0.39 is 0 Å². The molecule has 2 saturated heterocycles. The highest BCUT2D eigenvalue weighted by Crippen LogP contribution is 2.39. The molecule has 2 aliphatic rings. The Morgan fingerprint density at radius 1 is 1.13 bits per heavy atom. The topological polar surface area (TPSA) is 84.0 Å². The van der Waals surface area contributed by atoms with E-state index >= 15 is 0 Å². The van der Waals surface area contributed by atoms with Gasteiger partial charge in [-0.2, -0.15) is 10.1 Å². The molecule has 1 spiro atoms. The van der Waals surface area contributed by atoms with Gasteiger partial charge in [0.2, 0.25) is 5.95 Å². The lowest BCUT2D eigenvalue weighted by Gasteiger charge is -2.39. The van der Waals surface area contributed by atoms with Crippen molar-refractivity contribution in [3.8, 4) is 0 Å². The molecule has 0 radical (unpaired) electrons. The van der Waals surface area contributed by atoms with Gasteiger partial charge >= 0.3 is 0 Å². The number of hydrogen-bond acceptors (Lipinski definition) is 7. The molecule has 2 fully saturated rings. The summed E-state index contributed by atoms with van der Waals surface area (Å²) in [6.07, 6.45) is 7.22. The van der Waals surface area contributed by atoms with E-state index in [1.165, 1.54) is 19.3 Å². The number of benzene rings is 1. The van der Waals surface area contributed by atoms with Crippen molar-refractivity contribution in [1.29, 1.82) is 0 Å². The van der Waals surface area contributed by atoms with Gasteiger partial charge in [0.05, 0.1) is 18.0 Å². The van der Waals surface area contributed by atoms with Crippen LogP contribution in [0.5, 0.6) is 0 Å². The van der Waals surface area contributed by atoms with Gasteiger partial charge in [-0.05, 0) is 49.4 Å². The zero-order valence-electron chi connectivity index (χ0n) is 17.1. The molecule has 6 rings (SSSR count). The minimum Gasteiger partial charge on any atom is -0.459 e. The number of nitrogens with one attached hydrogen (secondary N) is 2. The second kappa shape index (κ2) is 6.70. The van der Waals surface area contributed by atoms with Gasteiger partial charge in [-0.3, -0.25) is 4.68 Å². The van der Waals surface area contributed by atoms with Crippen molar-refractivity contribution in [2.75, 3.05) is 36.4 Å². The zero-order valence-corrected chi connectivity index (χ0v) is 17.1. The lowest BCUT2D eigenvalue weighted by molar-refractivity contribution is 0.247. The lowest BCUT2D eigenvalue weighted by Crippen LogP contribution is -2.41. The Labute approximate surface area is 174 Å². The predicted molar refractivity (Wildman–Crippen MR) is 117 cm³/mol. The molecule has 0 atom stereocenters. The molecule has 0 saturated carbocycles. The normalized spacial score (nSPS) is 18.6. The summed E-state index contributed by atoms with van der Waals surface area (Å²) in [5.74, 6) is 1.47. The fraction of sp³-hybridized carbons (Fsp3) is 0.409. The second-order valence-electron chi connectivity index (χ2n) is 8.59. The highest BCUT2D eigenvalue weighted by atomic mass is 16.3. The molecule has 5 heterocycles. The minimum atomic E-state index is 0.464. The summed E-state index contributed by atoms with van der Waals surface area (Å²) in [7, 11) is 1.95. The van der Waals surface area contributed by atoms with Crippen molar-refractivity contribution in [1.82, 2.24) is 25.1 Å². The molecule has 3 aromatic heterocycles. The van der Waals surface area contributed by atoms with Crippen molar-refractivity contribution in [3.63, 3.8) is 0 Å². The monoisotopic (exact) mass is 403 g/mol. The third-order valence-corrected chi connectivity index (χ3v) is 6.74. The van der Waals surface area contributed by atoms with Crippen LogP contribution in [0.15, 0.2) is 41.1 Å². The third-order valence-electron chi connectivity index (χ3n) is 6.74. The van der Waals surface area contributed by atoms with Crippen molar-refractivity contribution >= 4 is 39.5 Å². The van der Waals surface area contributed by atoms with Gasteiger partial charge in [-0.15, -0.1) is 0 Å². The molecule has 2 aliphatic heterocycles. The lowest BCUT2D eigenvalue weighted by atomic mass is 9.78. The van der Waals surface area contributed by atoms with Gasteiger partial charge in [0.25, 0.3) is 0 Å². The fourth-order valence-electron chi connectivity index (χ4n) is 4.90. The highest BCUT2D eigenvalue weighted by molar-refractivity contribution is 5.87. The van der Waals surface area contributed by atoms with Crippen molar-refractivity contribution in [3.05, 3.63) is 36.7 Å². The third kappa shape index (κ3) is 2.90. The van der Waals surface area contributed by atoms with Gasteiger partial charge < -0.3 is 20.0 Å². The number of nitrogens with zero attached hydrogens (tertiary/aromatic N) is 5. The van der Waals surface area contributed by atoms with E-state index in [-0.39, 0.29) is 0 Å². The molecular formula is C22H25N7O. The largest absolute Gasteiger partial charge is 0.459 e. The Hall–Kier alpha value is -3.13. The van der Waals surface area contributed by atoms with Crippen LogP contribution in [-0.2, 0) is 7.05 Å². The van der Waals surface area contributed by atoms with Gasteiger partial charge in [0, 0.05) is 43.8 Å². The van der Waals surface area contributed by atoms with E-state index in [1.807, 2.05) is 30.1 Å². The Balaban J connectivity index is 1.31. The molecule has 1 aromatic carbocycles. The maximum Gasteiger partial charge on any atom is 0.229 e. The second-order valence-corrected chi connectivity index (χ2v) is 8.59. The van der Waals surface area contributed by atoms with E-state index in [4.69, 9.17) is 9.40 Å². The van der Waals surface area contributed by atoms with Crippen molar-refractivity contribution < 1.29 is 4.42 Å².